The number of carbonyl (C=O) groups excluding carboxylic acids is 3. The van der Waals surface area contributed by atoms with Crippen LogP contribution in [0.25, 0.3) is 0 Å². The van der Waals surface area contributed by atoms with Gasteiger partial charge in [-0.3, -0.25) is 9.59 Å². The molecule has 0 aliphatic rings. The van der Waals surface area contributed by atoms with Crippen molar-refractivity contribution in [1.82, 2.24) is 9.47 Å². The highest BCUT2D eigenvalue weighted by atomic mass is 19.1. The first-order valence-electron chi connectivity index (χ1n) is 9.39. The maximum Gasteiger partial charge on any atom is 0.354 e. The third kappa shape index (κ3) is 4.09. The van der Waals surface area contributed by atoms with E-state index >= 15 is 0 Å². The summed E-state index contributed by atoms with van der Waals surface area (Å²) in [5.74, 6) is -1.59. The number of ether oxygens (including phenoxy) is 1. The van der Waals surface area contributed by atoms with Gasteiger partial charge in [0.05, 0.1) is 13.2 Å². The van der Waals surface area contributed by atoms with Gasteiger partial charge in [-0.05, 0) is 64.4 Å². The van der Waals surface area contributed by atoms with Crippen molar-refractivity contribution in [3.05, 3.63) is 58.2 Å². The Bertz CT molecular complexity index is 945. The Morgan fingerprint density at radius 3 is 2.10 bits per heavy atom. The number of carbonyl (C=O) groups is 3. The normalized spacial score (nSPS) is 12.0. The first-order valence-corrected chi connectivity index (χ1v) is 9.39. The third-order valence-electron chi connectivity index (χ3n) is 5.23. The van der Waals surface area contributed by atoms with Crippen molar-refractivity contribution < 1.29 is 23.5 Å². The minimum atomic E-state index is -0.780. The van der Waals surface area contributed by atoms with Crippen LogP contribution in [0.2, 0.25) is 0 Å². The Hall–Kier alpha value is -2.96. The number of methoxy groups -OCH3 is 1. The van der Waals surface area contributed by atoms with Gasteiger partial charge < -0.3 is 14.2 Å². The maximum absolute atomic E-state index is 13.4. The minimum absolute atomic E-state index is 0.268. The number of ketones is 1. The summed E-state index contributed by atoms with van der Waals surface area (Å²) in [4.78, 5) is 40.0. The largest absolute Gasteiger partial charge is 0.464 e. The number of hydrogen-bond donors (Lipinski definition) is 0. The number of esters is 1. The average Bonchev–Trinajstić information content (AvgIpc) is 2.89. The molecule has 0 aliphatic heterocycles. The highest BCUT2D eigenvalue weighted by molar-refractivity contribution is 6.07. The fourth-order valence-electron chi connectivity index (χ4n) is 3.66. The van der Waals surface area contributed by atoms with Crippen LogP contribution in [0.5, 0.6) is 0 Å². The van der Waals surface area contributed by atoms with Gasteiger partial charge in [0.25, 0.3) is 5.91 Å². The van der Waals surface area contributed by atoms with E-state index in [2.05, 4.69) is 0 Å². The predicted octanol–water partition coefficient (Wildman–Crippen LogP) is 3.69. The van der Waals surface area contributed by atoms with E-state index in [9.17, 15) is 18.8 Å². The van der Waals surface area contributed by atoms with Crippen molar-refractivity contribution in [2.75, 3.05) is 7.11 Å². The molecule has 7 heteroatoms. The maximum atomic E-state index is 13.4. The Balaban J connectivity index is 2.47. The van der Waals surface area contributed by atoms with Gasteiger partial charge in [-0.15, -0.1) is 0 Å². The molecule has 0 aliphatic carbocycles. The first-order chi connectivity index (χ1) is 13.5. The lowest BCUT2D eigenvalue weighted by Crippen LogP contribution is -2.47. The zero-order valence-corrected chi connectivity index (χ0v) is 17.9. The summed E-state index contributed by atoms with van der Waals surface area (Å²) in [5.41, 5.74) is 2.15. The molecular weight excluding hydrogens is 375 g/mol. The molecule has 0 N–H and O–H groups in total. The molecule has 1 amide bonds. The van der Waals surface area contributed by atoms with E-state index < -0.39 is 17.8 Å². The lowest BCUT2D eigenvalue weighted by Gasteiger charge is -2.32. The van der Waals surface area contributed by atoms with E-state index in [0.29, 0.717) is 28.1 Å². The number of aromatic nitrogens is 1. The lowest BCUT2D eigenvalue weighted by atomic mass is 9.98. The number of rotatable bonds is 6. The summed E-state index contributed by atoms with van der Waals surface area (Å²) in [5, 5.41) is 0. The van der Waals surface area contributed by atoms with E-state index in [4.69, 9.17) is 4.74 Å². The van der Waals surface area contributed by atoms with Gasteiger partial charge in [-0.25, -0.2) is 9.18 Å². The van der Waals surface area contributed by atoms with Crippen LogP contribution in [0.1, 0.15) is 63.2 Å². The first kappa shape index (κ1) is 22.3. The zero-order valence-electron chi connectivity index (χ0n) is 17.9. The lowest BCUT2D eigenvalue weighted by molar-refractivity contribution is 0.0565. The second-order valence-corrected chi connectivity index (χ2v) is 7.34. The van der Waals surface area contributed by atoms with Crippen LogP contribution >= 0.6 is 0 Å². The summed E-state index contributed by atoms with van der Waals surface area (Å²) < 4.78 is 19.7. The van der Waals surface area contributed by atoms with Gasteiger partial charge in [0.2, 0.25) is 0 Å². The fraction of sp³-hybridized carbons (Fsp3) is 0.409. The number of benzene rings is 1. The molecule has 0 spiro atoms. The topological polar surface area (TPSA) is 68.6 Å². The van der Waals surface area contributed by atoms with Gasteiger partial charge in [0.1, 0.15) is 11.5 Å². The Labute approximate surface area is 170 Å². The molecule has 0 saturated carbocycles. The molecule has 0 saturated heterocycles. The van der Waals surface area contributed by atoms with E-state index in [1.54, 1.807) is 32.4 Å². The number of nitrogens with zero attached hydrogens (tertiary/aromatic N) is 2. The van der Waals surface area contributed by atoms with Crippen LogP contribution in [0, 0.1) is 19.7 Å². The second-order valence-electron chi connectivity index (χ2n) is 7.34. The zero-order chi connectivity index (χ0) is 22.0. The number of Topliss-reactive ketones (excluding diaryl/α,β-unsaturated/α-hetero) is 1. The summed E-state index contributed by atoms with van der Waals surface area (Å²) >= 11 is 0. The molecule has 1 aromatic heterocycles. The van der Waals surface area contributed by atoms with Crippen LogP contribution in [0.3, 0.4) is 0 Å². The second kappa shape index (κ2) is 8.59. The van der Waals surface area contributed by atoms with Crippen molar-refractivity contribution in [2.24, 2.45) is 7.05 Å². The molecule has 1 heterocycles. The Morgan fingerprint density at radius 1 is 1.07 bits per heavy atom. The quantitative estimate of drug-likeness (QED) is 0.546. The molecule has 1 atom stereocenters. The predicted molar refractivity (Wildman–Crippen MR) is 108 cm³/mol. The third-order valence-corrected chi connectivity index (χ3v) is 5.23. The standard InChI is InChI=1S/C22H27FN2O4/c1-12(2)25(21(27)16-8-10-17(23)11-9-16)15(5)20(26)18-13(3)19(22(28)29-7)24(6)14(18)4/h8-12,15H,1-7H3. The molecule has 156 valence electrons. The molecule has 0 bridgehead atoms. The molecule has 2 rings (SSSR count). The van der Waals surface area contributed by atoms with Crippen LogP contribution in [0.4, 0.5) is 4.39 Å². The van der Waals surface area contributed by atoms with Crippen LogP contribution in [0.15, 0.2) is 24.3 Å². The number of halogens is 1. The molecule has 6 nitrogen and oxygen atoms in total. The number of hydrogen-bond acceptors (Lipinski definition) is 4. The van der Waals surface area contributed by atoms with Crippen LogP contribution < -0.4 is 0 Å². The Morgan fingerprint density at radius 2 is 1.62 bits per heavy atom. The Kier molecular flexibility index (Phi) is 6.62. The van der Waals surface area contributed by atoms with Gasteiger partial charge in [-0.1, -0.05) is 0 Å². The van der Waals surface area contributed by atoms with Gasteiger partial charge >= 0.3 is 5.97 Å². The van der Waals surface area contributed by atoms with Gasteiger partial charge in [0, 0.05) is 29.9 Å². The minimum Gasteiger partial charge on any atom is -0.464 e. The smallest absolute Gasteiger partial charge is 0.354 e. The summed E-state index contributed by atoms with van der Waals surface area (Å²) in [7, 11) is 2.98. The van der Waals surface area contributed by atoms with E-state index in [0.717, 1.165) is 0 Å². The summed E-state index contributed by atoms with van der Waals surface area (Å²) in [6.07, 6.45) is 0. The molecule has 29 heavy (non-hydrogen) atoms. The highest BCUT2D eigenvalue weighted by Gasteiger charge is 2.33. The summed E-state index contributed by atoms with van der Waals surface area (Å²) in [6, 6.07) is 4.18. The number of amides is 1. The van der Waals surface area contributed by atoms with E-state index in [-0.39, 0.29) is 17.7 Å². The van der Waals surface area contributed by atoms with Crippen LogP contribution in [-0.4, -0.2) is 46.3 Å². The van der Waals surface area contributed by atoms with Crippen molar-refractivity contribution >= 4 is 17.7 Å². The van der Waals surface area contributed by atoms with E-state index in [1.807, 2.05) is 13.8 Å². The average molecular weight is 402 g/mol. The van der Waals surface area contributed by atoms with Gasteiger partial charge in [0.15, 0.2) is 5.78 Å². The van der Waals surface area contributed by atoms with Crippen molar-refractivity contribution in [3.8, 4) is 0 Å². The molecule has 1 aromatic carbocycles. The highest BCUT2D eigenvalue weighted by Crippen LogP contribution is 2.25. The van der Waals surface area contributed by atoms with Crippen LogP contribution in [-0.2, 0) is 11.8 Å². The van der Waals surface area contributed by atoms with Gasteiger partial charge in [-0.2, -0.15) is 0 Å². The van der Waals surface area contributed by atoms with Crippen molar-refractivity contribution in [3.63, 3.8) is 0 Å². The molecule has 2 aromatic rings. The molecule has 1 unspecified atom stereocenters. The monoisotopic (exact) mass is 402 g/mol. The molecular formula is C22H27FN2O4. The van der Waals surface area contributed by atoms with Crippen molar-refractivity contribution in [2.45, 2.75) is 46.7 Å². The summed E-state index contributed by atoms with van der Waals surface area (Å²) in [6.45, 7) is 8.74. The molecule has 0 fully saturated rings. The molecule has 0 radical (unpaired) electrons. The van der Waals surface area contributed by atoms with Crippen molar-refractivity contribution in [1.29, 1.82) is 0 Å². The SMILES string of the molecule is COC(=O)c1c(C)c(C(=O)C(C)N(C(=O)c2ccc(F)cc2)C(C)C)c(C)n1C. The van der Waals surface area contributed by atoms with E-state index in [1.165, 1.54) is 36.3 Å². The fourth-order valence-corrected chi connectivity index (χ4v) is 3.66.